The molecule has 0 N–H and O–H groups in total. The number of nitrogens with zero attached hydrogens (tertiary/aromatic N) is 1. The van der Waals surface area contributed by atoms with Crippen molar-refractivity contribution >= 4 is 18.3 Å². The highest BCUT2D eigenvalue weighted by Crippen LogP contribution is 2.37. The summed E-state index contributed by atoms with van der Waals surface area (Å²) in [5, 5.41) is 10.9. The van der Waals surface area contributed by atoms with Gasteiger partial charge in [-0.25, -0.2) is 0 Å². The van der Waals surface area contributed by atoms with Crippen LogP contribution in [-0.2, 0) is 15.5 Å². The third kappa shape index (κ3) is 2.96. The molecule has 0 aliphatic carbocycles. The molecule has 0 spiro atoms. The number of hydrogen-bond acceptors (Lipinski definition) is 4. The van der Waals surface area contributed by atoms with Crippen LogP contribution in [0.4, 0.5) is 18.9 Å². The fraction of sp³-hybridized carbons (Fsp3) is 0.538. The summed E-state index contributed by atoms with van der Waals surface area (Å²) < 4.78 is 50.0. The molecule has 0 atom stereocenters. The Balaban J connectivity index is 2.48. The van der Waals surface area contributed by atoms with E-state index in [-0.39, 0.29) is 5.46 Å². The molecule has 1 aromatic carbocycles. The average Bonchev–Trinajstić information content (AvgIpc) is 2.57. The number of rotatable bonds is 2. The lowest BCUT2D eigenvalue weighted by Crippen LogP contribution is -2.41. The molecule has 1 aliphatic heterocycles. The highest BCUT2D eigenvalue weighted by molar-refractivity contribution is 6.62. The van der Waals surface area contributed by atoms with E-state index in [0.29, 0.717) is 6.07 Å². The Morgan fingerprint density at radius 1 is 1.09 bits per heavy atom. The van der Waals surface area contributed by atoms with E-state index >= 15 is 0 Å². The molecule has 0 bridgehead atoms. The molecule has 1 fully saturated rings. The van der Waals surface area contributed by atoms with Gasteiger partial charge >= 0.3 is 13.3 Å². The molecule has 0 unspecified atom stereocenters. The molecule has 5 nitrogen and oxygen atoms in total. The zero-order valence-electron chi connectivity index (χ0n) is 12.5. The summed E-state index contributed by atoms with van der Waals surface area (Å²) in [4.78, 5) is 9.99. The van der Waals surface area contributed by atoms with Crippen molar-refractivity contribution in [2.75, 3.05) is 0 Å². The van der Waals surface area contributed by atoms with Crippen molar-refractivity contribution in [1.29, 1.82) is 0 Å². The van der Waals surface area contributed by atoms with Crippen LogP contribution in [0.2, 0.25) is 0 Å². The first kappa shape index (κ1) is 16.8. The minimum Gasteiger partial charge on any atom is -0.399 e. The Kier molecular flexibility index (Phi) is 3.77. The lowest BCUT2D eigenvalue weighted by Gasteiger charge is -2.32. The van der Waals surface area contributed by atoms with Crippen molar-refractivity contribution in [3.8, 4) is 0 Å². The molecule has 1 saturated heterocycles. The maximum absolute atomic E-state index is 12.9. The second-order valence-electron chi connectivity index (χ2n) is 6.16. The number of hydrogen-bond donors (Lipinski definition) is 0. The molecule has 0 aromatic heterocycles. The molecule has 0 saturated carbocycles. The summed E-state index contributed by atoms with van der Waals surface area (Å²) in [5.41, 5.74) is -3.28. The fourth-order valence-electron chi connectivity index (χ4n) is 2.02. The standard InChI is InChI=1S/C13H15BF3NO4/c1-11(2)12(3,4)22-14(21-11)9-5-8(13(15,16)17)6-10(7-9)18(19)20/h5-7H,1-4H3. The smallest absolute Gasteiger partial charge is 0.399 e. The van der Waals surface area contributed by atoms with Gasteiger partial charge in [-0.3, -0.25) is 10.1 Å². The van der Waals surface area contributed by atoms with E-state index in [1.807, 2.05) is 0 Å². The van der Waals surface area contributed by atoms with E-state index in [2.05, 4.69) is 0 Å². The Labute approximate surface area is 125 Å². The van der Waals surface area contributed by atoms with Crippen LogP contribution in [0.5, 0.6) is 0 Å². The number of benzene rings is 1. The largest absolute Gasteiger partial charge is 0.495 e. The SMILES string of the molecule is CC1(C)OB(c2cc([N+](=O)[O-])cc(C(F)(F)F)c2)OC1(C)C. The van der Waals surface area contributed by atoms with Crippen molar-refractivity contribution in [2.24, 2.45) is 0 Å². The van der Waals surface area contributed by atoms with E-state index in [0.717, 1.165) is 12.1 Å². The van der Waals surface area contributed by atoms with Gasteiger partial charge in [0.05, 0.1) is 21.7 Å². The summed E-state index contributed by atoms with van der Waals surface area (Å²) in [6.45, 7) is 6.98. The quantitative estimate of drug-likeness (QED) is 0.478. The van der Waals surface area contributed by atoms with E-state index < -0.39 is 40.7 Å². The highest BCUT2D eigenvalue weighted by Gasteiger charge is 2.52. The van der Waals surface area contributed by atoms with Crippen LogP contribution >= 0.6 is 0 Å². The molecule has 0 radical (unpaired) electrons. The molecule has 120 valence electrons. The normalized spacial score (nSPS) is 20.2. The zero-order valence-corrected chi connectivity index (χ0v) is 12.5. The fourth-order valence-corrected chi connectivity index (χ4v) is 2.02. The molecule has 0 amide bonds. The van der Waals surface area contributed by atoms with Gasteiger partial charge in [0.1, 0.15) is 0 Å². The van der Waals surface area contributed by atoms with Crippen molar-refractivity contribution < 1.29 is 27.4 Å². The summed E-state index contributed by atoms with van der Waals surface area (Å²) in [6, 6.07) is 2.35. The highest BCUT2D eigenvalue weighted by atomic mass is 19.4. The van der Waals surface area contributed by atoms with Gasteiger partial charge < -0.3 is 9.31 Å². The van der Waals surface area contributed by atoms with Gasteiger partial charge in [-0.1, -0.05) is 0 Å². The summed E-state index contributed by atoms with van der Waals surface area (Å²) in [5.74, 6) is 0. The van der Waals surface area contributed by atoms with Gasteiger partial charge in [0.25, 0.3) is 5.69 Å². The van der Waals surface area contributed by atoms with Crippen molar-refractivity contribution in [1.82, 2.24) is 0 Å². The first-order valence-corrected chi connectivity index (χ1v) is 6.56. The molecular weight excluding hydrogens is 302 g/mol. The predicted octanol–water partition coefficient (Wildman–Crippen LogP) is 2.91. The van der Waals surface area contributed by atoms with Crippen LogP contribution < -0.4 is 5.46 Å². The first-order chi connectivity index (χ1) is 9.83. The maximum atomic E-state index is 12.9. The van der Waals surface area contributed by atoms with Gasteiger partial charge in [-0.2, -0.15) is 13.2 Å². The molecule has 1 aliphatic rings. The summed E-state index contributed by atoms with van der Waals surface area (Å²) >= 11 is 0. The molecule has 1 aromatic rings. The van der Waals surface area contributed by atoms with E-state index in [4.69, 9.17) is 9.31 Å². The first-order valence-electron chi connectivity index (χ1n) is 6.56. The van der Waals surface area contributed by atoms with Gasteiger partial charge in [0.2, 0.25) is 0 Å². The number of non-ortho nitro benzene ring substituents is 1. The molecule has 22 heavy (non-hydrogen) atoms. The number of nitro benzene ring substituents is 1. The molecule has 1 heterocycles. The van der Waals surface area contributed by atoms with Crippen LogP contribution in [0.3, 0.4) is 0 Å². The molecule has 2 rings (SSSR count). The monoisotopic (exact) mass is 317 g/mol. The Bertz CT molecular complexity index is 600. The topological polar surface area (TPSA) is 61.6 Å². The van der Waals surface area contributed by atoms with Gasteiger partial charge in [0, 0.05) is 12.1 Å². The second-order valence-corrected chi connectivity index (χ2v) is 6.16. The van der Waals surface area contributed by atoms with Crippen LogP contribution in [-0.4, -0.2) is 23.2 Å². The van der Waals surface area contributed by atoms with Crippen LogP contribution in [0.1, 0.15) is 33.3 Å². The number of halogens is 3. The van der Waals surface area contributed by atoms with Crippen LogP contribution in [0.15, 0.2) is 18.2 Å². The zero-order chi connectivity index (χ0) is 16.9. The molecule has 9 heteroatoms. The van der Waals surface area contributed by atoms with Gasteiger partial charge in [-0.15, -0.1) is 0 Å². The predicted molar refractivity (Wildman–Crippen MR) is 73.8 cm³/mol. The van der Waals surface area contributed by atoms with Crippen LogP contribution in [0, 0.1) is 10.1 Å². The van der Waals surface area contributed by atoms with E-state index in [1.165, 1.54) is 0 Å². The summed E-state index contributed by atoms with van der Waals surface area (Å²) in [7, 11) is -1.09. The van der Waals surface area contributed by atoms with E-state index in [1.54, 1.807) is 27.7 Å². The molecular formula is C13H15BF3NO4. The minimum atomic E-state index is -4.69. The Morgan fingerprint density at radius 2 is 1.59 bits per heavy atom. The van der Waals surface area contributed by atoms with Gasteiger partial charge in [0.15, 0.2) is 0 Å². The Hall–Kier alpha value is -1.61. The van der Waals surface area contributed by atoms with Crippen molar-refractivity contribution in [3.05, 3.63) is 33.9 Å². The lowest BCUT2D eigenvalue weighted by molar-refractivity contribution is -0.385. The maximum Gasteiger partial charge on any atom is 0.495 e. The van der Waals surface area contributed by atoms with E-state index in [9.17, 15) is 23.3 Å². The summed E-state index contributed by atoms with van der Waals surface area (Å²) in [6.07, 6.45) is -4.69. The Morgan fingerprint density at radius 3 is 2.00 bits per heavy atom. The minimum absolute atomic E-state index is 0.0276. The van der Waals surface area contributed by atoms with Crippen molar-refractivity contribution in [3.63, 3.8) is 0 Å². The third-order valence-corrected chi connectivity index (χ3v) is 4.00. The number of alkyl halides is 3. The third-order valence-electron chi connectivity index (χ3n) is 4.00. The second kappa shape index (κ2) is 4.95. The lowest BCUT2D eigenvalue weighted by atomic mass is 9.78. The van der Waals surface area contributed by atoms with Gasteiger partial charge in [-0.05, 0) is 39.2 Å². The van der Waals surface area contributed by atoms with Crippen LogP contribution in [0.25, 0.3) is 0 Å². The number of nitro groups is 1. The van der Waals surface area contributed by atoms with Crippen molar-refractivity contribution in [2.45, 2.75) is 45.1 Å². The average molecular weight is 317 g/mol.